The highest BCUT2D eigenvalue weighted by Gasteiger charge is 2.23. The Morgan fingerprint density at radius 3 is 2.57 bits per heavy atom. The third kappa shape index (κ3) is 4.28. The van der Waals surface area contributed by atoms with Crippen molar-refractivity contribution in [2.45, 2.75) is 6.92 Å². The summed E-state index contributed by atoms with van der Waals surface area (Å²) < 4.78 is 20.0. The third-order valence-electron chi connectivity index (χ3n) is 2.51. The van der Waals surface area contributed by atoms with Crippen LogP contribution in [-0.4, -0.2) is 30.6 Å². The zero-order chi connectivity index (χ0) is 16.2. The Balaban J connectivity index is 3.32. The van der Waals surface area contributed by atoms with Gasteiger partial charge in [0.05, 0.1) is 21.7 Å². The van der Waals surface area contributed by atoms with Gasteiger partial charge in [0.2, 0.25) is 5.91 Å². The molecule has 5 nitrogen and oxygen atoms in total. The van der Waals surface area contributed by atoms with Gasteiger partial charge in [0.15, 0.2) is 0 Å². The number of hydrogen-bond acceptors (Lipinski definition) is 3. The first-order valence-corrected chi connectivity index (χ1v) is 7.27. The van der Waals surface area contributed by atoms with Crippen LogP contribution in [0.5, 0.6) is 5.75 Å². The maximum absolute atomic E-state index is 14.2. The van der Waals surface area contributed by atoms with E-state index in [9.17, 15) is 14.0 Å². The van der Waals surface area contributed by atoms with Gasteiger partial charge < -0.3 is 14.7 Å². The predicted molar refractivity (Wildman–Crippen MR) is 83.2 cm³/mol. The molecule has 0 unspecified atom stereocenters. The van der Waals surface area contributed by atoms with E-state index in [0.29, 0.717) is 10.2 Å². The molecule has 8 heteroatoms. The summed E-state index contributed by atoms with van der Waals surface area (Å²) in [5.41, 5.74) is -0.0161. The van der Waals surface area contributed by atoms with Gasteiger partial charge in [0, 0.05) is 19.5 Å². The Morgan fingerprint density at radius 2 is 2.10 bits per heavy atom. The molecule has 0 atom stereocenters. The van der Waals surface area contributed by atoms with Crippen LogP contribution in [0.15, 0.2) is 27.2 Å². The summed E-state index contributed by atoms with van der Waals surface area (Å²) >= 11 is 6.36. The number of rotatable bonds is 5. The van der Waals surface area contributed by atoms with Gasteiger partial charge in [-0.1, -0.05) is 6.08 Å². The lowest BCUT2D eigenvalue weighted by molar-refractivity contribution is -0.131. The first-order chi connectivity index (χ1) is 9.79. The van der Waals surface area contributed by atoms with E-state index in [1.54, 1.807) is 0 Å². The number of amides is 1. The number of nitrogens with zero attached hydrogens (tertiary/aromatic N) is 1. The molecular weight excluding hydrogens is 413 g/mol. The lowest BCUT2D eigenvalue weighted by atomic mass is 10.2. The number of benzene rings is 1. The fourth-order valence-electron chi connectivity index (χ4n) is 1.63. The number of carbonyl (C=O) groups is 2. The largest absolute Gasteiger partial charge is 0.494 e. The minimum absolute atomic E-state index is 0.0161. The summed E-state index contributed by atoms with van der Waals surface area (Å²) in [6.45, 7) is 1.18. The van der Waals surface area contributed by atoms with Gasteiger partial charge in [-0.25, -0.2) is 9.18 Å². The molecule has 0 bridgehead atoms. The molecular formula is C13H12Br2FNO4. The third-order valence-corrected chi connectivity index (χ3v) is 3.83. The highest BCUT2D eigenvalue weighted by atomic mass is 79.9. The summed E-state index contributed by atoms with van der Waals surface area (Å²) in [7, 11) is 1.41. The SMILES string of the molecule is COc1c(Br)cc(F)c(N(CC=CC(=O)O)C(C)=O)c1Br. The number of halogens is 3. The molecule has 1 rings (SSSR count). The fraction of sp³-hybridized carbons (Fsp3) is 0.231. The average molecular weight is 425 g/mol. The molecule has 0 aromatic heterocycles. The lowest BCUT2D eigenvalue weighted by Crippen LogP contribution is -2.30. The van der Waals surface area contributed by atoms with Crippen molar-refractivity contribution < 1.29 is 23.8 Å². The van der Waals surface area contributed by atoms with Crippen LogP contribution in [0.1, 0.15) is 6.92 Å². The Labute approximate surface area is 137 Å². The Hall–Kier alpha value is -1.41. The first kappa shape index (κ1) is 17.6. The van der Waals surface area contributed by atoms with Gasteiger partial charge >= 0.3 is 5.97 Å². The highest BCUT2D eigenvalue weighted by Crippen LogP contribution is 2.42. The lowest BCUT2D eigenvalue weighted by Gasteiger charge is -2.23. The molecule has 0 aliphatic carbocycles. The summed E-state index contributed by atoms with van der Waals surface area (Å²) in [6.07, 6.45) is 2.14. The summed E-state index contributed by atoms with van der Waals surface area (Å²) in [5.74, 6) is -1.89. The van der Waals surface area contributed by atoms with Crippen molar-refractivity contribution in [2.24, 2.45) is 0 Å². The van der Waals surface area contributed by atoms with Crippen LogP contribution in [0.2, 0.25) is 0 Å². The number of aliphatic carboxylic acids is 1. The molecule has 114 valence electrons. The smallest absolute Gasteiger partial charge is 0.328 e. The number of ether oxygens (including phenoxy) is 1. The van der Waals surface area contributed by atoms with Crippen LogP contribution in [0.4, 0.5) is 10.1 Å². The number of hydrogen-bond donors (Lipinski definition) is 1. The van der Waals surface area contributed by atoms with Crippen LogP contribution >= 0.6 is 31.9 Å². The van der Waals surface area contributed by atoms with Gasteiger partial charge in [-0.15, -0.1) is 0 Å². The quantitative estimate of drug-likeness (QED) is 0.736. The molecule has 0 saturated carbocycles. The predicted octanol–water partition coefficient (Wildman–Crippen LogP) is 3.35. The zero-order valence-corrected chi connectivity index (χ0v) is 14.4. The van der Waals surface area contributed by atoms with Gasteiger partial charge in [-0.05, 0) is 37.9 Å². The van der Waals surface area contributed by atoms with Crippen LogP contribution in [0.3, 0.4) is 0 Å². The Kier molecular flexibility index (Phi) is 6.35. The van der Waals surface area contributed by atoms with Crippen LogP contribution in [-0.2, 0) is 9.59 Å². The molecule has 0 fully saturated rings. The van der Waals surface area contributed by atoms with E-state index in [4.69, 9.17) is 9.84 Å². The maximum atomic E-state index is 14.2. The van der Waals surface area contributed by atoms with Gasteiger partial charge in [-0.3, -0.25) is 4.79 Å². The van der Waals surface area contributed by atoms with Crippen molar-refractivity contribution >= 4 is 49.4 Å². The molecule has 0 spiro atoms. The number of methoxy groups -OCH3 is 1. The van der Waals surface area contributed by atoms with E-state index in [1.807, 2.05) is 0 Å². The average Bonchev–Trinajstić information content (AvgIpc) is 2.36. The first-order valence-electron chi connectivity index (χ1n) is 5.68. The van der Waals surface area contributed by atoms with Crippen LogP contribution in [0, 0.1) is 5.82 Å². The van der Waals surface area contributed by atoms with E-state index in [2.05, 4.69) is 31.9 Å². The van der Waals surface area contributed by atoms with Crippen molar-refractivity contribution in [3.8, 4) is 5.75 Å². The van der Waals surface area contributed by atoms with E-state index in [1.165, 1.54) is 26.2 Å². The van der Waals surface area contributed by atoms with E-state index in [-0.39, 0.29) is 16.7 Å². The van der Waals surface area contributed by atoms with E-state index in [0.717, 1.165) is 11.0 Å². The summed E-state index contributed by atoms with van der Waals surface area (Å²) in [5, 5.41) is 8.56. The van der Waals surface area contributed by atoms with E-state index < -0.39 is 17.7 Å². The number of carboxylic acid groups (broad SMARTS) is 1. The van der Waals surface area contributed by atoms with Crippen molar-refractivity contribution in [2.75, 3.05) is 18.6 Å². The second-order valence-corrected chi connectivity index (χ2v) is 5.55. The van der Waals surface area contributed by atoms with Crippen molar-refractivity contribution in [1.29, 1.82) is 0 Å². The number of carbonyl (C=O) groups excluding carboxylic acids is 1. The van der Waals surface area contributed by atoms with Gasteiger partial charge in [0.1, 0.15) is 11.6 Å². The minimum atomic E-state index is -1.15. The van der Waals surface area contributed by atoms with E-state index >= 15 is 0 Å². The molecule has 1 N–H and O–H groups in total. The Morgan fingerprint density at radius 1 is 1.48 bits per heavy atom. The molecule has 1 aromatic rings. The molecule has 0 aliphatic heterocycles. The summed E-state index contributed by atoms with van der Waals surface area (Å²) in [6, 6.07) is 1.18. The standard InChI is InChI=1S/C13H12Br2FNO4/c1-7(18)17(5-3-4-10(19)20)12-9(16)6-8(14)13(21-2)11(12)15/h3-4,6H,5H2,1-2H3,(H,19,20). The van der Waals surface area contributed by atoms with Gasteiger partial charge in [0.25, 0.3) is 0 Å². The Bertz CT molecular complexity index is 604. The van der Waals surface area contributed by atoms with Crippen LogP contribution < -0.4 is 9.64 Å². The molecule has 0 aliphatic rings. The summed E-state index contributed by atoms with van der Waals surface area (Å²) in [4.78, 5) is 23.3. The topological polar surface area (TPSA) is 66.8 Å². The molecule has 21 heavy (non-hydrogen) atoms. The van der Waals surface area contributed by atoms with Crippen molar-refractivity contribution in [1.82, 2.24) is 0 Å². The van der Waals surface area contributed by atoms with Gasteiger partial charge in [-0.2, -0.15) is 0 Å². The molecule has 0 radical (unpaired) electrons. The minimum Gasteiger partial charge on any atom is -0.494 e. The zero-order valence-electron chi connectivity index (χ0n) is 11.2. The second kappa shape index (κ2) is 7.56. The molecule has 0 saturated heterocycles. The molecule has 1 aromatic carbocycles. The fourth-order valence-corrected chi connectivity index (χ4v) is 3.24. The monoisotopic (exact) mass is 423 g/mol. The molecule has 1 amide bonds. The maximum Gasteiger partial charge on any atom is 0.328 e. The van der Waals surface area contributed by atoms with Crippen LogP contribution in [0.25, 0.3) is 0 Å². The molecule has 0 heterocycles. The number of anilines is 1. The highest BCUT2D eigenvalue weighted by molar-refractivity contribution is 9.11. The normalized spacial score (nSPS) is 10.7. The van der Waals surface area contributed by atoms with Crippen molar-refractivity contribution in [3.63, 3.8) is 0 Å². The number of carboxylic acids is 1. The van der Waals surface area contributed by atoms with Crippen molar-refractivity contribution in [3.05, 3.63) is 33.0 Å². The second-order valence-electron chi connectivity index (χ2n) is 3.91.